The molecule has 1 atom stereocenters. The molecule has 0 aromatic heterocycles. The van der Waals surface area contributed by atoms with Gasteiger partial charge in [0.1, 0.15) is 0 Å². The van der Waals surface area contributed by atoms with Crippen molar-refractivity contribution in [2.75, 3.05) is 0 Å². The first-order chi connectivity index (χ1) is 8.10. The van der Waals surface area contributed by atoms with Crippen molar-refractivity contribution in [2.45, 2.75) is 45.4 Å². The van der Waals surface area contributed by atoms with Gasteiger partial charge in [0, 0.05) is 0 Å². The van der Waals surface area contributed by atoms with Gasteiger partial charge in [-0.2, -0.15) is 13.2 Å². The number of benzene rings is 1. The molecule has 0 aliphatic heterocycles. The molecule has 1 N–H and O–H groups in total. The molecule has 0 aliphatic rings. The second kappa shape index (κ2) is 5.31. The maximum absolute atomic E-state index is 12.4. The number of halogens is 3. The van der Waals surface area contributed by atoms with Crippen molar-refractivity contribution in [3.63, 3.8) is 0 Å². The van der Waals surface area contributed by atoms with Gasteiger partial charge >= 0.3 is 6.18 Å². The second-order valence-corrected chi connectivity index (χ2v) is 5.36. The van der Waals surface area contributed by atoms with Crippen LogP contribution in [-0.2, 0) is 12.0 Å². The van der Waals surface area contributed by atoms with Gasteiger partial charge in [0.2, 0.25) is 0 Å². The van der Waals surface area contributed by atoms with Crippen LogP contribution in [0.15, 0.2) is 24.3 Å². The van der Waals surface area contributed by atoms with Crippen molar-refractivity contribution < 1.29 is 18.3 Å². The highest BCUT2D eigenvalue weighted by Crippen LogP contribution is 2.34. The molecule has 0 saturated carbocycles. The van der Waals surface area contributed by atoms with Crippen LogP contribution in [-0.4, -0.2) is 11.3 Å². The van der Waals surface area contributed by atoms with E-state index >= 15 is 0 Å². The summed E-state index contributed by atoms with van der Waals surface area (Å²) >= 11 is 0. The Hall–Kier alpha value is -1.03. The number of rotatable bonds is 4. The Kier molecular flexibility index (Phi) is 4.43. The summed E-state index contributed by atoms with van der Waals surface area (Å²) < 4.78 is 37.2. The van der Waals surface area contributed by atoms with Crippen LogP contribution in [0.3, 0.4) is 0 Å². The van der Waals surface area contributed by atoms with Gasteiger partial charge in [-0.15, -0.1) is 0 Å². The minimum absolute atomic E-state index is 0.318. The first kappa shape index (κ1) is 15.0. The van der Waals surface area contributed by atoms with Crippen molar-refractivity contribution >= 4 is 0 Å². The third-order valence-electron chi connectivity index (χ3n) is 2.74. The number of hydrogen-bond acceptors (Lipinski definition) is 1. The molecule has 0 aliphatic carbocycles. The molecule has 102 valence electrons. The fourth-order valence-electron chi connectivity index (χ4n) is 2.00. The Morgan fingerprint density at radius 1 is 1.22 bits per heavy atom. The highest BCUT2D eigenvalue weighted by molar-refractivity contribution is 5.28. The predicted molar refractivity (Wildman–Crippen MR) is 65.2 cm³/mol. The summed E-state index contributed by atoms with van der Waals surface area (Å²) in [7, 11) is 0. The number of aliphatic hydroxyl groups is 1. The third kappa shape index (κ3) is 4.69. The first-order valence-electron chi connectivity index (χ1n) is 5.99. The molecule has 1 unspecified atom stereocenters. The lowest BCUT2D eigenvalue weighted by molar-refractivity contribution is -0.174. The SMILES string of the molecule is CC(C)Cc1cccc(C(C)(O)CC(F)(F)F)c1. The quantitative estimate of drug-likeness (QED) is 0.866. The summed E-state index contributed by atoms with van der Waals surface area (Å²) in [5, 5.41) is 9.96. The molecule has 1 rings (SSSR count). The van der Waals surface area contributed by atoms with Crippen molar-refractivity contribution in [1.29, 1.82) is 0 Å². The number of alkyl halides is 3. The average molecular weight is 260 g/mol. The van der Waals surface area contributed by atoms with Gasteiger partial charge < -0.3 is 5.11 Å². The Labute approximate surface area is 106 Å². The van der Waals surface area contributed by atoms with Gasteiger partial charge in [-0.25, -0.2) is 0 Å². The molecule has 1 aromatic carbocycles. The molecule has 0 radical (unpaired) electrons. The fourth-order valence-corrected chi connectivity index (χ4v) is 2.00. The maximum Gasteiger partial charge on any atom is 0.392 e. The van der Waals surface area contributed by atoms with E-state index in [1.807, 2.05) is 19.9 Å². The zero-order chi connectivity index (χ0) is 14.0. The van der Waals surface area contributed by atoms with E-state index in [0.29, 0.717) is 11.5 Å². The van der Waals surface area contributed by atoms with Gasteiger partial charge in [-0.05, 0) is 30.4 Å². The second-order valence-electron chi connectivity index (χ2n) is 5.36. The molecule has 0 amide bonds. The van der Waals surface area contributed by atoms with E-state index in [1.165, 1.54) is 13.0 Å². The Bertz CT molecular complexity index is 394. The van der Waals surface area contributed by atoms with Gasteiger partial charge in [0.05, 0.1) is 12.0 Å². The van der Waals surface area contributed by atoms with Crippen molar-refractivity contribution in [3.8, 4) is 0 Å². The lowest BCUT2D eigenvalue weighted by atomic mass is 9.89. The van der Waals surface area contributed by atoms with Crippen LogP contribution in [0.1, 0.15) is 38.3 Å². The topological polar surface area (TPSA) is 20.2 Å². The highest BCUT2D eigenvalue weighted by atomic mass is 19.4. The third-order valence-corrected chi connectivity index (χ3v) is 2.74. The standard InChI is InChI=1S/C14H19F3O/c1-10(2)7-11-5-4-6-12(8-11)13(3,18)9-14(15,16)17/h4-6,8,10,18H,7,9H2,1-3H3. The largest absolute Gasteiger partial charge is 0.392 e. The molecule has 1 nitrogen and oxygen atoms in total. The summed E-state index contributed by atoms with van der Waals surface area (Å²) in [4.78, 5) is 0. The smallest absolute Gasteiger partial charge is 0.385 e. The van der Waals surface area contributed by atoms with Crippen LogP contribution in [0.4, 0.5) is 13.2 Å². The van der Waals surface area contributed by atoms with Crippen molar-refractivity contribution in [1.82, 2.24) is 0 Å². The Morgan fingerprint density at radius 2 is 1.83 bits per heavy atom. The molecule has 0 spiro atoms. The van der Waals surface area contributed by atoms with Crippen LogP contribution in [0, 0.1) is 5.92 Å². The molecule has 0 fully saturated rings. The van der Waals surface area contributed by atoms with E-state index in [-0.39, 0.29) is 0 Å². The molecule has 0 saturated heterocycles. The summed E-state index contributed by atoms with van der Waals surface area (Å²) in [5.41, 5.74) is -0.603. The van der Waals surface area contributed by atoms with Gasteiger partial charge in [-0.1, -0.05) is 38.1 Å². The molecule has 0 bridgehead atoms. The van der Waals surface area contributed by atoms with E-state index in [0.717, 1.165) is 12.0 Å². The lowest BCUT2D eigenvalue weighted by Crippen LogP contribution is -2.29. The Morgan fingerprint density at radius 3 is 2.33 bits per heavy atom. The normalized spacial score (nSPS) is 15.8. The Balaban J connectivity index is 2.94. The first-order valence-corrected chi connectivity index (χ1v) is 5.99. The molecule has 0 heterocycles. The monoisotopic (exact) mass is 260 g/mol. The van der Waals surface area contributed by atoms with E-state index in [2.05, 4.69) is 0 Å². The fraction of sp³-hybridized carbons (Fsp3) is 0.571. The van der Waals surface area contributed by atoms with Crippen LogP contribution in [0.2, 0.25) is 0 Å². The summed E-state index contributed by atoms with van der Waals surface area (Å²) in [6, 6.07) is 6.76. The van der Waals surface area contributed by atoms with Gasteiger partial charge in [0.25, 0.3) is 0 Å². The van der Waals surface area contributed by atoms with E-state index in [4.69, 9.17) is 0 Å². The number of hydrogen-bond donors (Lipinski definition) is 1. The predicted octanol–water partition coefficient (Wildman–Crippen LogP) is 4.05. The lowest BCUT2D eigenvalue weighted by Gasteiger charge is -2.25. The summed E-state index contributed by atoms with van der Waals surface area (Å²) in [6.07, 6.45) is -4.82. The minimum Gasteiger partial charge on any atom is -0.385 e. The molecular weight excluding hydrogens is 241 g/mol. The summed E-state index contributed by atoms with van der Waals surface area (Å²) in [5.74, 6) is 0.424. The van der Waals surface area contributed by atoms with E-state index in [1.54, 1.807) is 12.1 Å². The molecule has 1 aromatic rings. The van der Waals surface area contributed by atoms with Gasteiger partial charge in [0.15, 0.2) is 0 Å². The molecule has 18 heavy (non-hydrogen) atoms. The zero-order valence-electron chi connectivity index (χ0n) is 10.9. The zero-order valence-corrected chi connectivity index (χ0v) is 10.9. The average Bonchev–Trinajstić information content (AvgIpc) is 2.13. The van der Waals surface area contributed by atoms with E-state index in [9.17, 15) is 18.3 Å². The van der Waals surface area contributed by atoms with Crippen molar-refractivity contribution in [2.24, 2.45) is 5.92 Å². The van der Waals surface area contributed by atoms with Crippen molar-refractivity contribution in [3.05, 3.63) is 35.4 Å². The maximum atomic E-state index is 12.4. The molecular formula is C14H19F3O. The molecule has 4 heteroatoms. The summed E-state index contributed by atoms with van der Waals surface area (Å²) in [6.45, 7) is 5.29. The van der Waals surface area contributed by atoms with Crippen LogP contribution < -0.4 is 0 Å². The minimum atomic E-state index is -4.38. The van der Waals surface area contributed by atoms with Crippen LogP contribution in [0.5, 0.6) is 0 Å². The highest BCUT2D eigenvalue weighted by Gasteiger charge is 2.39. The van der Waals surface area contributed by atoms with Crippen LogP contribution >= 0.6 is 0 Å². The van der Waals surface area contributed by atoms with Crippen LogP contribution in [0.25, 0.3) is 0 Å². The van der Waals surface area contributed by atoms with E-state index < -0.39 is 18.2 Å². The van der Waals surface area contributed by atoms with Gasteiger partial charge in [-0.3, -0.25) is 0 Å².